The minimum atomic E-state index is -1.88. The Morgan fingerprint density at radius 3 is 2.00 bits per heavy atom. The molecule has 0 fully saturated rings. The van der Waals surface area contributed by atoms with Crippen LogP contribution in [0.1, 0.15) is 5.56 Å². The Morgan fingerprint density at radius 1 is 0.842 bits per heavy atom. The quantitative estimate of drug-likeness (QED) is 0.561. The minimum Gasteiger partial charge on any atom is -0.238 e. The van der Waals surface area contributed by atoms with Crippen LogP contribution in [0.25, 0.3) is 0 Å². The number of nitrogens with zero attached hydrogens (tertiary/aromatic N) is 1. The van der Waals surface area contributed by atoms with Crippen LogP contribution in [0.5, 0.6) is 0 Å². The zero-order valence-electron chi connectivity index (χ0n) is 9.98. The summed E-state index contributed by atoms with van der Waals surface area (Å²) in [5.74, 6) is 5.06. The van der Waals surface area contributed by atoms with Crippen molar-refractivity contribution in [1.82, 2.24) is 0 Å². The van der Waals surface area contributed by atoms with Crippen LogP contribution in [0.3, 0.4) is 0 Å². The predicted molar refractivity (Wildman–Crippen MR) is 72.3 cm³/mol. The van der Waals surface area contributed by atoms with Crippen LogP contribution in [-0.4, -0.2) is 5.71 Å². The molecule has 0 saturated heterocycles. The molecule has 0 atom stereocenters. The highest BCUT2D eigenvalue weighted by molar-refractivity contribution is 6.09. The van der Waals surface area contributed by atoms with Gasteiger partial charge in [0, 0.05) is 5.56 Å². The fourth-order valence-corrected chi connectivity index (χ4v) is 1.40. The number of benzene rings is 2. The lowest BCUT2D eigenvalue weighted by atomic mass is 10.2. The Balaban J connectivity index is 2.28. The van der Waals surface area contributed by atoms with Crippen molar-refractivity contribution in [2.24, 2.45) is 4.99 Å². The standard InChI is InChI=1S/C16H10F2N/c17-16(18)15(19-14-9-5-2-6-10-14)12-11-13-7-3-1-4-8-13/h1-10H. The van der Waals surface area contributed by atoms with E-state index in [1.807, 2.05) is 6.07 Å². The summed E-state index contributed by atoms with van der Waals surface area (Å²) in [7, 11) is 0. The van der Waals surface area contributed by atoms with Crippen LogP contribution in [0, 0.1) is 18.3 Å². The first-order chi connectivity index (χ1) is 9.25. The van der Waals surface area contributed by atoms with E-state index in [9.17, 15) is 8.78 Å². The molecular formula is C16H10F2N. The van der Waals surface area contributed by atoms with Gasteiger partial charge in [0.1, 0.15) is 0 Å². The molecule has 19 heavy (non-hydrogen) atoms. The molecular weight excluding hydrogens is 244 g/mol. The summed E-state index contributed by atoms with van der Waals surface area (Å²) in [5, 5.41) is 0. The van der Waals surface area contributed by atoms with Gasteiger partial charge in [0.2, 0.25) is 0 Å². The number of hydrogen-bond acceptors (Lipinski definition) is 1. The Labute approximate surface area is 110 Å². The highest BCUT2D eigenvalue weighted by atomic mass is 19.3. The van der Waals surface area contributed by atoms with Crippen molar-refractivity contribution < 1.29 is 8.78 Å². The lowest BCUT2D eigenvalue weighted by molar-refractivity contribution is 0.353. The lowest BCUT2D eigenvalue weighted by Gasteiger charge is -1.96. The van der Waals surface area contributed by atoms with E-state index in [0.717, 1.165) is 0 Å². The highest BCUT2D eigenvalue weighted by Gasteiger charge is 2.13. The summed E-state index contributed by atoms with van der Waals surface area (Å²) in [6.07, 6.45) is -1.88. The molecule has 1 nitrogen and oxygen atoms in total. The number of aliphatic imine (C=N–C) groups is 1. The van der Waals surface area contributed by atoms with E-state index in [1.54, 1.807) is 54.6 Å². The normalized spacial score (nSPS) is 11.0. The summed E-state index contributed by atoms with van der Waals surface area (Å²) < 4.78 is 25.5. The second-order valence-corrected chi connectivity index (χ2v) is 3.67. The average Bonchev–Trinajstić information content (AvgIpc) is 2.45. The van der Waals surface area contributed by atoms with Gasteiger partial charge in [-0.25, -0.2) is 4.99 Å². The molecule has 2 rings (SSSR count). The molecule has 0 bridgehead atoms. The smallest absolute Gasteiger partial charge is 0.238 e. The van der Waals surface area contributed by atoms with Crippen LogP contribution in [0.15, 0.2) is 65.7 Å². The Hall–Kier alpha value is -2.47. The summed E-state index contributed by atoms with van der Waals surface area (Å²) >= 11 is 0. The highest BCUT2D eigenvalue weighted by Crippen LogP contribution is 2.15. The second-order valence-electron chi connectivity index (χ2n) is 3.67. The van der Waals surface area contributed by atoms with Gasteiger partial charge in [0.15, 0.2) is 5.71 Å². The number of hydrogen-bond donors (Lipinski definition) is 0. The van der Waals surface area contributed by atoms with Gasteiger partial charge in [-0.05, 0) is 30.2 Å². The molecule has 0 aliphatic carbocycles. The minimum absolute atomic E-state index is 0.452. The lowest BCUT2D eigenvalue weighted by Crippen LogP contribution is -1.99. The molecule has 0 aliphatic rings. The van der Waals surface area contributed by atoms with Crippen LogP contribution in [0.2, 0.25) is 0 Å². The van der Waals surface area contributed by atoms with Crippen molar-refractivity contribution in [2.45, 2.75) is 0 Å². The molecule has 0 heterocycles. The Kier molecular flexibility index (Phi) is 4.41. The molecule has 0 spiro atoms. The molecule has 0 saturated carbocycles. The number of para-hydroxylation sites is 1. The molecule has 0 aliphatic heterocycles. The first-order valence-corrected chi connectivity index (χ1v) is 5.65. The number of rotatable bonds is 2. The van der Waals surface area contributed by atoms with Gasteiger partial charge in [-0.3, -0.25) is 0 Å². The molecule has 0 unspecified atom stereocenters. The van der Waals surface area contributed by atoms with Gasteiger partial charge < -0.3 is 0 Å². The van der Waals surface area contributed by atoms with Crippen LogP contribution in [-0.2, 0) is 0 Å². The molecule has 93 valence electrons. The van der Waals surface area contributed by atoms with Crippen molar-refractivity contribution in [2.75, 3.05) is 0 Å². The van der Waals surface area contributed by atoms with Gasteiger partial charge in [0.05, 0.1) is 5.69 Å². The molecule has 3 heteroatoms. The van der Waals surface area contributed by atoms with Crippen molar-refractivity contribution in [3.63, 3.8) is 0 Å². The maximum Gasteiger partial charge on any atom is 0.366 e. The zero-order valence-corrected chi connectivity index (χ0v) is 9.98. The SMILES string of the molecule is F[C](F)C(C#Cc1ccccc1)=Nc1ccccc1. The maximum absolute atomic E-state index is 12.8. The largest absolute Gasteiger partial charge is 0.366 e. The third-order valence-electron chi connectivity index (χ3n) is 2.28. The topological polar surface area (TPSA) is 12.4 Å². The summed E-state index contributed by atoms with van der Waals surface area (Å²) in [4.78, 5) is 3.83. The van der Waals surface area contributed by atoms with Crippen molar-refractivity contribution >= 4 is 11.4 Å². The molecule has 0 aromatic heterocycles. The summed E-state index contributed by atoms with van der Waals surface area (Å²) in [6, 6.07) is 17.5. The fourth-order valence-electron chi connectivity index (χ4n) is 1.40. The molecule has 2 aromatic rings. The fraction of sp³-hybridized carbons (Fsp3) is 0. The van der Waals surface area contributed by atoms with Gasteiger partial charge in [-0.2, -0.15) is 8.78 Å². The monoisotopic (exact) mass is 254 g/mol. The van der Waals surface area contributed by atoms with Gasteiger partial charge in [-0.15, -0.1) is 0 Å². The Morgan fingerprint density at radius 2 is 1.42 bits per heavy atom. The first-order valence-electron chi connectivity index (χ1n) is 5.65. The third-order valence-corrected chi connectivity index (χ3v) is 2.28. The van der Waals surface area contributed by atoms with E-state index < -0.39 is 12.1 Å². The van der Waals surface area contributed by atoms with E-state index >= 15 is 0 Å². The van der Waals surface area contributed by atoms with E-state index in [0.29, 0.717) is 11.3 Å². The first kappa shape index (κ1) is 13.0. The van der Waals surface area contributed by atoms with Gasteiger partial charge >= 0.3 is 6.43 Å². The Bertz CT molecular complexity index is 607. The molecule has 0 N–H and O–H groups in total. The predicted octanol–water partition coefficient (Wildman–Crippen LogP) is 4.24. The van der Waals surface area contributed by atoms with E-state index in [2.05, 4.69) is 16.8 Å². The van der Waals surface area contributed by atoms with Gasteiger partial charge in [0.25, 0.3) is 0 Å². The van der Waals surface area contributed by atoms with E-state index in [1.165, 1.54) is 0 Å². The molecule has 1 radical (unpaired) electrons. The van der Waals surface area contributed by atoms with E-state index in [4.69, 9.17) is 0 Å². The summed E-state index contributed by atoms with van der Waals surface area (Å²) in [5.41, 5.74) is 0.618. The summed E-state index contributed by atoms with van der Waals surface area (Å²) in [6.45, 7) is 0. The van der Waals surface area contributed by atoms with Crippen molar-refractivity contribution in [3.8, 4) is 11.8 Å². The zero-order chi connectivity index (χ0) is 13.5. The van der Waals surface area contributed by atoms with Crippen molar-refractivity contribution in [1.29, 1.82) is 0 Å². The van der Waals surface area contributed by atoms with Crippen LogP contribution >= 0.6 is 0 Å². The number of halogens is 2. The average molecular weight is 254 g/mol. The van der Waals surface area contributed by atoms with Crippen LogP contribution < -0.4 is 0 Å². The molecule has 2 aromatic carbocycles. The third kappa shape index (κ3) is 4.04. The van der Waals surface area contributed by atoms with Crippen molar-refractivity contribution in [3.05, 3.63) is 72.7 Å². The van der Waals surface area contributed by atoms with E-state index in [-0.39, 0.29) is 0 Å². The maximum atomic E-state index is 12.8. The molecule has 0 amide bonds. The second kappa shape index (κ2) is 6.46. The van der Waals surface area contributed by atoms with Crippen LogP contribution in [0.4, 0.5) is 14.5 Å². The van der Waals surface area contributed by atoms with Gasteiger partial charge in [-0.1, -0.05) is 42.3 Å².